The average Bonchev–Trinajstić information content (AvgIpc) is 3.10. The molecule has 0 fully saturated rings. The summed E-state index contributed by atoms with van der Waals surface area (Å²) in [4.78, 5) is 30.0. The van der Waals surface area contributed by atoms with Crippen molar-refractivity contribution in [3.05, 3.63) is 35.9 Å². The highest BCUT2D eigenvalue weighted by Gasteiger charge is 2.67. The van der Waals surface area contributed by atoms with Gasteiger partial charge in [-0.25, -0.2) is 9.79 Å². The number of nitrogens with zero attached hydrogens (tertiary/aromatic N) is 1. The standard InChI is InChI=1S/C21H29NO6/c1-7-27-18(23)14(4)20(5,25)21(19(24)26-6)16(13(2)3)28-17(22-21)15-11-9-8-10-12-15/h8-14,16,25H,7H2,1-6H3/t14?,16?,20?,21-/m0/s1. The van der Waals surface area contributed by atoms with Crippen molar-refractivity contribution in [3.63, 3.8) is 0 Å². The molecule has 0 saturated heterocycles. The van der Waals surface area contributed by atoms with Gasteiger partial charge in [-0.2, -0.15) is 0 Å². The molecule has 0 bridgehead atoms. The maximum Gasteiger partial charge on any atom is 0.340 e. The van der Waals surface area contributed by atoms with E-state index >= 15 is 0 Å². The molecule has 0 spiro atoms. The van der Waals surface area contributed by atoms with Gasteiger partial charge in [-0.15, -0.1) is 0 Å². The number of rotatable bonds is 7. The van der Waals surface area contributed by atoms with Gasteiger partial charge in [0.25, 0.3) is 0 Å². The van der Waals surface area contributed by atoms with Crippen LogP contribution in [-0.2, 0) is 23.8 Å². The molecular formula is C21H29NO6. The van der Waals surface area contributed by atoms with Gasteiger partial charge < -0.3 is 19.3 Å². The van der Waals surface area contributed by atoms with E-state index in [1.807, 2.05) is 32.0 Å². The number of aliphatic hydroxyl groups is 1. The summed E-state index contributed by atoms with van der Waals surface area (Å²) < 4.78 is 16.2. The van der Waals surface area contributed by atoms with Crippen molar-refractivity contribution < 1.29 is 28.9 Å². The fourth-order valence-electron chi connectivity index (χ4n) is 3.54. The Balaban J connectivity index is 2.67. The molecule has 28 heavy (non-hydrogen) atoms. The quantitative estimate of drug-likeness (QED) is 0.717. The monoisotopic (exact) mass is 391 g/mol. The minimum Gasteiger partial charge on any atom is -0.470 e. The molecule has 0 saturated carbocycles. The van der Waals surface area contributed by atoms with Crippen molar-refractivity contribution in [2.45, 2.75) is 51.9 Å². The molecule has 0 aromatic heterocycles. The van der Waals surface area contributed by atoms with Crippen LogP contribution in [-0.4, -0.2) is 53.9 Å². The summed E-state index contributed by atoms with van der Waals surface area (Å²) in [6.45, 7) is 8.47. The summed E-state index contributed by atoms with van der Waals surface area (Å²) >= 11 is 0. The van der Waals surface area contributed by atoms with E-state index in [-0.39, 0.29) is 18.4 Å². The Labute approximate surface area is 165 Å². The molecule has 154 valence electrons. The second kappa shape index (κ2) is 8.31. The van der Waals surface area contributed by atoms with Crippen LogP contribution in [0.3, 0.4) is 0 Å². The molecule has 2 rings (SSSR count). The van der Waals surface area contributed by atoms with Crippen molar-refractivity contribution in [1.82, 2.24) is 0 Å². The normalized spacial score (nSPS) is 24.7. The lowest BCUT2D eigenvalue weighted by atomic mass is 9.68. The Morgan fingerprint density at radius 3 is 2.39 bits per heavy atom. The first-order valence-electron chi connectivity index (χ1n) is 9.42. The topological polar surface area (TPSA) is 94.4 Å². The minimum absolute atomic E-state index is 0.160. The molecule has 1 aliphatic heterocycles. The fraction of sp³-hybridized carbons (Fsp3) is 0.571. The maximum absolute atomic E-state index is 13.0. The molecule has 0 aliphatic carbocycles. The van der Waals surface area contributed by atoms with Crippen LogP contribution in [0.5, 0.6) is 0 Å². The summed E-state index contributed by atoms with van der Waals surface area (Å²) in [5.41, 5.74) is -3.08. The molecular weight excluding hydrogens is 362 g/mol. The number of hydrogen-bond donors (Lipinski definition) is 1. The zero-order valence-corrected chi connectivity index (χ0v) is 17.3. The Hall–Kier alpha value is -2.41. The number of hydrogen-bond acceptors (Lipinski definition) is 7. The third-order valence-electron chi connectivity index (χ3n) is 5.31. The molecule has 0 radical (unpaired) electrons. The van der Waals surface area contributed by atoms with Crippen LogP contribution in [0.15, 0.2) is 35.3 Å². The molecule has 4 atom stereocenters. The zero-order chi connectivity index (χ0) is 21.1. The lowest BCUT2D eigenvalue weighted by Gasteiger charge is -2.43. The van der Waals surface area contributed by atoms with Gasteiger partial charge in [-0.3, -0.25) is 4.79 Å². The predicted molar refractivity (Wildman–Crippen MR) is 104 cm³/mol. The van der Waals surface area contributed by atoms with Crippen LogP contribution < -0.4 is 0 Å². The van der Waals surface area contributed by atoms with Crippen molar-refractivity contribution >= 4 is 17.8 Å². The minimum atomic E-state index is -1.92. The van der Waals surface area contributed by atoms with E-state index < -0.39 is 35.1 Å². The molecule has 7 heteroatoms. The number of esters is 2. The van der Waals surface area contributed by atoms with Gasteiger partial charge in [0.1, 0.15) is 11.7 Å². The molecule has 1 aromatic carbocycles. The molecule has 1 heterocycles. The number of aliphatic imine (C=N–C) groups is 1. The van der Waals surface area contributed by atoms with Crippen molar-refractivity contribution in [1.29, 1.82) is 0 Å². The highest BCUT2D eigenvalue weighted by molar-refractivity contribution is 6.00. The van der Waals surface area contributed by atoms with E-state index in [0.29, 0.717) is 5.56 Å². The van der Waals surface area contributed by atoms with Crippen LogP contribution in [0.25, 0.3) is 0 Å². The van der Waals surface area contributed by atoms with E-state index in [1.54, 1.807) is 19.1 Å². The van der Waals surface area contributed by atoms with Gasteiger partial charge in [0.05, 0.1) is 19.6 Å². The van der Waals surface area contributed by atoms with Crippen LogP contribution in [0.4, 0.5) is 0 Å². The fourth-order valence-corrected chi connectivity index (χ4v) is 3.54. The summed E-state index contributed by atoms with van der Waals surface area (Å²) in [5.74, 6) is -2.42. The molecule has 1 aliphatic rings. The van der Waals surface area contributed by atoms with E-state index in [0.717, 1.165) is 0 Å². The average molecular weight is 391 g/mol. The van der Waals surface area contributed by atoms with Crippen LogP contribution in [0.1, 0.15) is 40.2 Å². The zero-order valence-electron chi connectivity index (χ0n) is 17.3. The highest BCUT2D eigenvalue weighted by Crippen LogP contribution is 2.45. The van der Waals surface area contributed by atoms with Crippen molar-refractivity contribution in [2.75, 3.05) is 13.7 Å². The van der Waals surface area contributed by atoms with Crippen LogP contribution >= 0.6 is 0 Å². The van der Waals surface area contributed by atoms with Gasteiger partial charge in [-0.1, -0.05) is 32.0 Å². The van der Waals surface area contributed by atoms with Gasteiger partial charge in [0.15, 0.2) is 0 Å². The van der Waals surface area contributed by atoms with E-state index in [2.05, 4.69) is 4.99 Å². The van der Waals surface area contributed by atoms with E-state index in [1.165, 1.54) is 21.0 Å². The third kappa shape index (κ3) is 3.51. The number of ether oxygens (including phenoxy) is 3. The second-order valence-corrected chi connectivity index (χ2v) is 7.44. The molecule has 0 amide bonds. The number of carbonyl (C=O) groups is 2. The van der Waals surface area contributed by atoms with Gasteiger partial charge in [0.2, 0.25) is 11.4 Å². The predicted octanol–water partition coefficient (Wildman–Crippen LogP) is 2.35. The molecule has 1 N–H and O–H groups in total. The van der Waals surface area contributed by atoms with Gasteiger partial charge in [-0.05, 0) is 38.8 Å². The second-order valence-electron chi connectivity index (χ2n) is 7.44. The molecule has 7 nitrogen and oxygen atoms in total. The third-order valence-corrected chi connectivity index (χ3v) is 5.31. The number of carbonyl (C=O) groups excluding carboxylic acids is 2. The van der Waals surface area contributed by atoms with Crippen molar-refractivity contribution in [3.8, 4) is 0 Å². The molecule has 1 aromatic rings. The van der Waals surface area contributed by atoms with Gasteiger partial charge in [0, 0.05) is 5.56 Å². The lowest BCUT2D eigenvalue weighted by molar-refractivity contribution is -0.180. The Kier molecular flexibility index (Phi) is 6.49. The Morgan fingerprint density at radius 2 is 1.89 bits per heavy atom. The first-order chi connectivity index (χ1) is 13.1. The summed E-state index contributed by atoms with van der Waals surface area (Å²) in [6, 6.07) is 9.10. The summed E-state index contributed by atoms with van der Waals surface area (Å²) in [7, 11) is 1.22. The van der Waals surface area contributed by atoms with Crippen LogP contribution in [0.2, 0.25) is 0 Å². The first-order valence-corrected chi connectivity index (χ1v) is 9.42. The molecule has 3 unspecified atom stereocenters. The highest BCUT2D eigenvalue weighted by atomic mass is 16.6. The van der Waals surface area contributed by atoms with E-state index in [4.69, 9.17) is 14.2 Å². The number of benzene rings is 1. The first kappa shape index (κ1) is 21.9. The Bertz CT molecular complexity index is 743. The largest absolute Gasteiger partial charge is 0.470 e. The number of methoxy groups -OCH3 is 1. The SMILES string of the molecule is CCOC(=O)C(C)C(C)(O)[C@]1(C(=O)OC)N=C(c2ccccc2)OC1C(C)C. The van der Waals surface area contributed by atoms with Crippen LogP contribution in [0, 0.1) is 11.8 Å². The maximum atomic E-state index is 13.0. The lowest BCUT2D eigenvalue weighted by Crippen LogP contribution is -2.67. The van der Waals surface area contributed by atoms with Crippen molar-refractivity contribution in [2.24, 2.45) is 16.8 Å². The summed E-state index contributed by atoms with van der Waals surface area (Å²) in [6.07, 6.45) is -0.831. The Morgan fingerprint density at radius 1 is 1.29 bits per heavy atom. The smallest absolute Gasteiger partial charge is 0.340 e. The van der Waals surface area contributed by atoms with E-state index in [9.17, 15) is 14.7 Å². The summed E-state index contributed by atoms with van der Waals surface area (Å²) in [5, 5.41) is 11.5. The van der Waals surface area contributed by atoms with Gasteiger partial charge >= 0.3 is 11.9 Å².